The van der Waals surface area contributed by atoms with E-state index in [1.54, 1.807) is 0 Å². The molecule has 5 heteroatoms. The van der Waals surface area contributed by atoms with Gasteiger partial charge in [-0.25, -0.2) is 4.98 Å². The van der Waals surface area contributed by atoms with Crippen molar-refractivity contribution in [2.24, 2.45) is 0 Å². The zero-order chi connectivity index (χ0) is 17.1. The summed E-state index contributed by atoms with van der Waals surface area (Å²) in [6, 6.07) is 20.0. The van der Waals surface area contributed by atoms with Crippen LogP contribution in [0.2, 0.25) is 0 Å². The standard InChI is InChI=1S/C20H15N3OS/c24-19-17(13-7-12-15-8-3-1-4-9-15)25-20-21-18(22-23(19)20)14-16-10-5-2-6-11-16/h1-13H,14H2/b12-7+,17-13-. The van der Waals surface area contributed by atoms with Gasteiger partial charge >= 0.3 is 0 Å². The normalized spacial score (nSPS) is 12.4. The number of allylic oxidation sites excluding steroid dienone is 1. The fourth-order valence-electron chi connectivity index (χ4n) is 2.55. The average molecular weight is 345 g/mol. The Bertz CT molecular complexity index is 1130. The summed E-state index contributed by atoms with van der Waals surface area (Å²) in [5.41, 5.74) is 2.10. The molecule has 122 valence electrons. The second-order valence-corrected chi connectivity index (χ2v) is 6.60. The maximum absolute atomic E-state index is 12.4. The summed E-state index contributed by atoms with van der Waals surface area (Å²) in [6.45, 7) is 0. The summed E-state index contributed by atoms with van der Waals surface area (Å²) in [5, 5.41) is 4.35. The fourth-order valence-corrected chi connectivity index (χ4v) is 3.43. The maximum Gasteiger partial charge on any atom is 0.291 e. The quantitative estimate of drug-likeness (QED) is 0.571. The molecule has 0 aliphatic rings. The van der Waals surface area contributed by atoms with Gasteiger partial charge in [0, 0.05) is 6.42 Å². The van der Waals surface area contributed by atoms with Crippen molar-refractivity contribution >= 4 is 28.4 Å². The zero-order valence-corrected chi connectivity index (χ0v) is 14.2. The molecule has 2 aromatic carbocycles. The van der Waals surface area contributed by atoms with E-state index in [0.717, 1.165) is 11.1 Å². The van der Waals surface area contributed by atoms with Crippen molar-refractivity contribution in [3.05, 3.63) is 98.6 Å². The van der Waals surface area contributed by atoms with Crippen molar-refractivity contribution in [2.75, 3.05) is 0 Å². The molecule has 4 rings (SSSR count). The van der Waals surface area contributed by atoms with Gasteiger partial charge in [0.15, 0.2) is 5.82 Å². The van der Waals surface area contributed by atoms with E-state index < -0.39 is 0 Å². The molecule has 0 atom stereocenters. The van der Waals surface area contributed by atoms with E-state index in [0.29, 0.717) is 21.7 Å². The largest absolute Gasteiger partial charge is 0.291 e. The minimum absolute atomic E-state index is 0.121. The molecule has 0 saturated heterocycles. The molecule has 0 aliphatic heterocycles. The van der Waals surface area contributed by atoms with Crippen LogP contribution in [0.5, 0.6) is 0 Å². The van der Waals surface area contributed by atoms with Crippen LogP contribution in [0.1, 0.15) is 17.0 Å². The molecule has 0 amide bonds. The van der Waals surface area contributed by atoms with Crippen molar-refractivity contribution in [3.63, 3.8) is 0 Å². The van der Waals surface area contributed by atoms with E-state index in [2.05, 4.69) is 10.1 Å². The molecule has 0 N–H and O–H groups in total. The predicted molar refractivity (Wildman–Crippen MR) is 102 cm³/mol. The number of nitrogens with zero attached hydrogens (tertiary/aromatic N) is 3. The SMILES string of the molecule is O=c1/c(=C/C=C/c2ccccc2)sc2nc(Cc3ccccc3)nn12. The molecule has 0 unspecified atom stereocenters. The number of hydrogen-bond acceptors (Lipinski definition) is 4. The maximum atomic E-state index is 12.4. The summed E-state index contributed by atoms with van der Waals surface area (Å²) >= 11 is 1.36. The third-order valence-corrected chi connectivity index (χ3v) is 4.74. The van der Waals surface area contributed by atoms with Crippen LogP contribution in [0.3, 0.4) is 0 Å². The lowest BCUT2D eigenvalue weighted by Crippen LogP contribution is -2.23. The second-order valence-electron chi connectivity index (χ2n) is 5.59. The summed E-state index contributed by atoms with van der Waals surface area (Å²) in [7, 11) is 0. The van der Waals surface area contributed by atoms with E-state index in [-0.39, 0.29) is 5.56 Å². The molecule has 2 heterocycles. The van der Waals surface area contributed by atoms with Crippen molar-refractivity contribution in [2.45, 2.75) is 6.42 Å². The molecule has 2 aromatic heterocycles. The molecular formula is C20H15N3OS. The van der Waals surface area contributed by atoms with Crippen LogP contribution >= 0.6 is 11.3 Å². The van der Waals surface area contributed by atoms with Crippen molar-refractivity contribution < 1.29 is 0 Å². The fraction of sp³-hybridized carbons (Fsp3) is 0.0500. The molecule has 0 saturated carbocycles. The molecule has 0 aliphatic carbocycles. The predicted octanol–water partition coefficient (Wildman–Crippen LogP) is 2.95. The lowest BCUT2D eigenvalue weighted by molar-refractivity contribution is 0.879. The van der Waals surface area contributed by atoms with Gasteiger partial charge in [0.25, 0.3) is 5.56 Å². The van der Waals surface area contributed by atoms with Gasteiger partial charge in [-0.3, -0.25) is 4.79 Å². The highest BCUT2D eigenvalue weighted by molar-refractivity contribution is 7.15. The van der Waals surface area contributed by atoms with Gasteiger partial charge in [-0.1, -0.05) is 84.2 Å². The van der Waals surface area contributed by atoms with Crippen molar-refractivity contribution in [3.8, 4) is 0 Å². The molecule has 0 spiro atoms. The van der Waals surface area contributed by atoms with Crippen molar-refractivity contribution in [1.29, 1.82) is 0 Å². The number of rotatable bonds is 4. The highest BCUT2D eigenvalue weighted by Gasteiger charge is 2.10. The third-order valence-electron chi connectivity index (χ3n) is 3.77. The summed E-state index contributed by atoms with van der Waals surface area (Å²) in [6.07, 6.45) is 6.29. The first-order valence-corrected chi connectivity index (χ1v) is 8.77. The molecule has 0 fully saturated rings. The minimum atomic E-state index is -0.121. The lowest BCUT2D eigenvalue weighted by Gasteiger charge is -1.94. The number of hydrogen-bond donors (Lipinski definition) is 0. The number of thiazole rings is 1. The Morgan fingerprint density at radius 2 is 1.72 bits per heavy atom. The topological polar surface area (TPSA) is 47.3 Å². The van der Waals surface area contributed by atoms with Gasteiger partial charge in [0.1, 0.15) is 0 Å². The van der Waals surface area contributed by atoms with Crippen LogP contribution in [0.4, 0.5) is 0 Å². The number of benzene rings is 2. The van der Waals surface area contributed by atoms with Gasteiger partial charge in [-0.05, 0) is 17.2 Å². The first-order chi connectivity index (χ1) is 12.3. The number of aromatic nitrogens is 3. The number of fused-ring (bicyclic) bond motifs is 1. The first-order valence-electron chi connectivity index (χ1n) is 7.95. The lowest BCUT2D eigenvalue weighted by atomic mass is 10.1. The van der Waals surface area contributed by atoms with Crippen LogP contribution < -0.4 is 10.1 Å². The van der Waals surface area contributed by atoms with E-state index >= 15 is 0 Å². The summed E-state index contributed by atoms with van der Waals surface area (Å²) in [5.74, 6) is 0.668. The molecule has 0 bridgehead atoms. The van der Waals surface area contributed by atoms with Crippen LogP contribution in [0, 0.1) is 0 Å². The van der Waals surface area contributed by atoms with Crippen molar-refractivity contribution in [1.82, 2.24) is 14.6 Å². The Kier molecular flexibility index (Phi) is 4.23. The highest BCUT2D eigenvalue weighted by Crippen LogP contribution is 2.08. The molecule has 4 aromatic rings. The van der Waals surface area contributed by atoms with E-state index in [4.69, 9.17) is 0 Å². The monoisotopic (exact) mass is 345 g/mol. The van der Waals surface area contributed by atoms with Crippen LogP contribution in [-0.2, 0) is 6.42 Å². The summed E-state index contributed by atoms with van der Waals surface area (Å²) < 4.78 is 2.03. The average Bonchev–Trinajstić information content (AvgIpc) is 3.16. The van der Waals surface area contributed by atoms with Crippen LogP contribution in [0.15, 0.2) is 71.5 Å². The van der Waals surface area contributed by atoms with Crippen LogP contribution in [-0.4, -0.2) is 14.6 Å². The smallest absolute Gasteiger partial charge is 0.266 e. The molecule has 0 radical (unpaired) electrons. The Labute approximate surface area is 148 Å². The van der Waals surface area contributed by atoms with E-state index in [9.17, 15) is 4.79 Å². The van der Waals surface area contributed by atoms with Gasteiger partial charge in [0.05, 0.1) is 4.53 Å². The molecule has 4 nitrogen and oxygen atoms in total. The summed E-state index contributed by atoms with van der Waals surface area (Å²) in [4.78, 5) is 17.6. The van der Waals surface area contributed by atoms with E-state index in [1.165, 1.54) is 15.9 Å². The van der Waals surface area contributed by atoms with Crippen LogP contribution in [0.25, 0.3) is 17.1 Å². The Balaban J connectivity index is 1.61. The Hall–Kier alpha value is -3.05. The Morgan fingerprint density at radius 3 is 2.44 bits per heavy atom. The van der Waals surface area contributed by atoms with Gasteiger partial charge in [0.2, 0.25) is 4.96 Å². The van der Waals surface area contributed by atoms with Gasteiger partial charge in [-0.2, -0.15) is 4.52 Å². The minimum Gasteiger partial charge on any atom is -0.266 e. The Morgan fingerprint density at radius 1 is 1.00 bits per heavy atom. The zero-order valence-electron chi connectivity index (χ0n) is 13.4. The first kappa shape index (κ1) is 15.5. The van der Waals surface area contributed by atoms with Gasteiger partial charge < -0.3 is 0 Å². The third kappa shape index (κ3) is 3.41. The molecular weight excluding hydrogens is 330 g/mol. The molecule has 25 heavy (non-hydrogen) atoms. The second kappa shape index (κ2) is 6.83. The van der Waals surface area contributed by atoms with Gasteiger partial charge in [-0.15, -0.1) is 5.10 Å². The van der Waals surface area contributed by atoms with E-state index in [1.807, 2.05) is 78.9 Å². The highest BCUT2D eigenvalue weighted by atomic mass is 32.1.